The van der Waals surface area contributed by atoms with Crippen molar-refractivity contribution in [2.75, 3.05) is 13.7 Å². The van der Waals surface area contributed by atoms with E-state index in [-0.39, 0.29) is 6.04 Å². The molecule has 1 atom stereocenters. The Kier molecular flexibility index (Phi) is 6.70. The maximum atomic E-state index is 13.0. The van der Waals surface area contributed by atoms with Crippen LogP contribution in [-0.2, 0) is 19.0 Å². The number of halogens is 3. The van der Waals surface area contributed by atoms with Gasteiger partial charge in [-0.2, -0.15) is 13.2 Å². The molecule has 172 valence electrons. The van der Waals surface area contributed by atoms with E-state index in [1.807, 2.05) is 55.6 Å². The zero-order valence-corrected chi connectivity index (χ0v) is 18.6. The number of benzene rings is 2. The van der Waals surface area contributed by atoms with Gasteiger partial charge in [-0.25, -0.2) is 4.98 Å². The molecule has 0 amide bonds. The van der Waals surface area contributed by atoms with Gasteiger partial charge in [0.2, 0.25) is 0 Å². The number of alkyl halides is 3. The summed E-state index contributed by atoms with van der Waals surface area (Å²) in [5.74, 6) is 1.67. The fourth-order valence-corrected chi connectivity index (χ4v) is 4.05. The van der Waals surface area contributed by atoms with Gasteiger partial charge in [-0.3, -0.25) is 0 Å². The fraction of sp³-hybridized carbons (Fsp3) is 0.269. The lowest BCUT2D eigenvalue weighted by Crippen LogP contribution is -2.30. The van der Waals surface area contributed by atoms with Crippen LogP contribution in [0.3, 0.4) is 0 Å². The minimum absolute atomic E-state index is 0.0217. The molecule has 4 rings (SSSR count). The van der Waals surface area contributed by atoms with E-state index in [1.54, 1.807) is 13.2 Å². The van der Waals surface area contributed by atoms with Crippen molar-refractivity contribution in [1.29, 1.82) is 0 Å². The van der Waals surface area contributed by atoms with E-state index < -0.39 is 11.7 Å². The van der Waals surface area contributed by atoms with Gasteiger partial charge >= 0.3 is 6.18 Å². The molecule has 0 saturated heterocycles. The number of methoxy groups -OCH3 is 1. The fourth-order valence-electron chi connectivity index (χ4n) is 4.05. The Labute approximate surface area is 191 Å². The van der Waals surface area contributed by atoms with Crippen LogP contribution in [0.15, 0.2) is 72.9 Å². The number of ether oxygens (including phenoxy) is 1. The second kappa shape index (κ2) is 9.67. The van der Waals surface area contributed by atoms with Crippen molar-refractivity contribution in [2.45, 2.75) is 32.0 Å². The number of nitrogens with zero attached hydrogens (tertiary/aromatic N) is 2. The Balaban J connectivity index is 1.46. The Morgan fingerprint density at radius 3 is 2.61 bits per heavy atom. The zero-order valence-electron chi connectivity index (χ0n) is 18.6. The molecule has 33 heavy (non-hydrogen) atoms. The number of nitrogens with one attached hydrogen (secondary N) is 1. The number of pyridine rings is 1. The molecule has 4 nitrogen and oxygen atoms in total. The summed E-state index contributed by atoms with van der Waals surface area (Å²) in [5, 5.41) is 3.41. The summed E-state index contributed by atoms with van der Waals surface area (Å²) < 4.78 is 46.5. The second-order valence-corrected chi connectivity index (χ2v) is 8.04. The first-order chi connectivity index (χ1) is 15.9. The summed E-state index contributed by atoms with van der Waals surface area (Å²) in [6.45, 7) is 2.63. The van der Waals surface area contributed by atoms with Gasteiger partial charge in [-0.05, 0) is 49.2 Å². The lowest BCUT2D eigenvalue weighted by molar-refractivity contribution is -0.137. The van der Waals surface area contributed by atoms with E-state index in [0.29, 0.717) is 24.9 Å². The second-order valence-electron chi connectivity index (χ2n) is 8.04. The molecule has 0 saturated carbocycles. The average Bonchev–Trinajstić information content (AvgIpc) is 3.17. The van der Waals surface area contributed by atoms with Gasteiger partial charge < -0.3 is 14.5 Å². The molecule has 2 aromatic carbocycles. The highest BCUT2D eigenvalue weighted by molar-refractivity contribution is 5.81. The van der Waals surface area contributed by atoms with Gasteiger partial charge in [0.25, 0.3) is 0 Å². The minimum Gasteiger partial charge on any atom is -0.496 e. The van der Waals surface area contributed by atoms with Gasteiger partial charge in [0.15, 0.2) is 0 Å². The first-order valence-electron chi connectivity index (χ1n) is 10.9. The van der Waals surface area contributed by atoms with Gasteiger partial charge in [0, 0.05) is 30.8 Å². The lowest BCUT2D eigenvalue weighted by Gasteiger charge is -2.15. The van der Waals surface area contributed by atoms with Crippen molar-refractivity contribution in [1.82, 2.24) is 14.7 Å². The van der Waals surface area contributed by atoms with Crippen molar-refractivity contribution in [2.24, 2.45) is 0 Å². The van der Waals surface area contributed by atoms with E-state index in [0.717, 1.165) is 34.4 Å². The van der Waals surface area contributed by atoms with Gasteiger partial charge in [0.05, 0.1) is 18.2 Å². The lowest BCUT2D eigenvalue weighted by atomic mass is 10.0. The van der Waals surface area contributed by atoms with Crippen molar-refractivity contribution in [3.8, 4) is 17.0 Å². The third-order valence-electron chi connectivity index (χ3n) is 5.62. The topological polar surface area (TPSA) is 38.6 Å². The third kappa shape index (κ3) is 5.20. The first-order valence-corrected chi connectivity index (χ1v) is 10.9. The van der Waals surface area contributed by atoms with Gasteiger partial charge in [-0.1, -0.05) is 36.4 Å². The average molecular weight is 454 g/mol. The van der Waals surface area contributed by atoms with Crippen molar-refractivity contribution >= 4 is 5.52 Å². The monoisotopic (exact) mass is 453 g/mol. The van der Waals surface area contributed by atoms with Crippen LogP contribution >= 0.6 is 0 Å². The number of para-hydroxylation sites is 1. The quantitative estimate of drug-likeness (QED) is 0.367. The van der Waals surface area contributed by atoms with E-state index >= 15 is 0 Å². The van der Waals surface area contributed by atoms with Crippen LogP contribution in [0, 0.1) is 0 Å². The van der Waals surface area contributed by atoms with Crippen LogP contribution in [0.1, 0.15) is 23.9 Å². The summed E-state index contributed by atoms with van der Waals surface area (Å²) in [4.78, 5) is 4.91. The Hall–Kier alpha value is -3.32. The number of aromatic nitrogens is 2. The van der Waals surface area contributed by atoms with Gasteiger partial charge in [0.1, 0.15) is 17.3 Å². The molecule has 0 bridgehead atoms. The summed E-state index contributed by atoms with van der Waals surface area (Å²) in [5.41, 5.74) is 2.84. The molecule has 2 heterocycles. The molecule has 0 aliphatic heterocycles. The van der Waals surface area contributed by atoms with E-state index in [2.05, 4.69) is 9.72 Å². The standard InChI is InChI=1S/C26H26F3N3O/c1-18(16-19-8-7-9-20(17-19)26(27,28)29)30-14-13-24-31-25(22-11-5-6-15-32(22)24)21-10-3-4-12-23(21)33-2/h3-12,15,17-18,30H,13-14,16H2,1-2H3. The summed E-state index contributed by atoms with van der Waals surface area (Å²) in [7, 11) is 1.65. The molecule has 0 fully saturated rings. The Morgan fingerprint density at radius 1 is 1.03 bits per heavy atom. The highest BCUT2D eigenvalue weighted by atomic mass is 19.4. The first kappa shape index (κ1) is 22.9. The zero-order chi connectivity index (χ0) is 23.4. The molecule has 0 radical (unpaired) electrons. The van der Waals surface area contributed by atoms with Crippen LogP contribution in [0.5, 0.6) is 5.75 Å². The molecule has 0 aliphatic carbocycles. The Bertz CT molecular complexity index is 1230. The van der Waals surface area contributed by atoms with E-state index in [4.69, 9.17) is 9.72 Å². The molecule has 1 N–H and O–H groups in total. The van der Waals surface area contributed by atoms with Crippen molar-refractivity contribution < 1.29 is 17.9 Å². The molecule has 7 heteroatoms. The molecule has 4 aromatic rings. The predicted molar refractivity (Wildman–Crippen MR) is 123 cm³/mol. The van der Waals surface area contributed by atoms with Crippen molar-refractivity contribution in [3.63, 3.8) is 0 Å². The summed E-state index contributed by atoms with van der Waals surface area (Å²) in [6, 6.07) is 19.3. The molecule has 1 unspecified atom stereocenters. The number of rotatable bonds is 8. The summed E-state index contributed by atoms with van der Waals surface area (Å²) in [6.07, 6.45) is -1.15. The number of imidazole rings is 1. The number of hydrogen-bond donors (Lipinski definition) is 1. The third-order valence-corrected chi connectivity index (χ3v) is 5.62. The van der Waals surface area contributed by atoms with Crippen LogP contribution in [-0.4, -0.2) is 29.1 Å². The molecular weight excluding hydrogens is 427 g/mol. The summed E-state index contributed by atoms with van der Waals surface area (Å²) >= 11 is 0. The maximum Gasteiger partial charge on any atom is 0.416 e. The highest BCUT2D eigenvalue weighted by Gasteiger charge is 2.30. The molecule has 2 aromatic heterocycles. The van der Waals surface area contributed by atoms with E-state index in [9.17, 15) is 13.2 Å². The SMILES string of the molecule is COc1ccccc1-c1nc(CCNC(C)Cc2cccc(C(F)(F)F)c2)n2ccccc12. The normalized spacial score (nSPS) is 12.8. The van der Waals surface area contributed by atoms with E-state index in [1.165, 1.54) is 12.1 Å². The number of fused-ring (bicyclic) bond motifs is 1. The van der Waals surface area contributed by atoms with Crippen molar-refractivity contribution in [3.05, 3.63) is 89.9 Å². The predicted octanol–water partition coefficient (Wildman–Crippen LogP) is 5.79. The highest BCUT2D eigenvalue weighted by Crippen LogP contribution is 2.32. The minimum atomic E-state index is -4.33. The number of hydrogen-bond acceptors (Lipinski definition) is 3. The van der Waals surface area contributed by atoms with Crippen LogP contribution in [0.4, 0.5) is 13.2 Å². The van der Waals surface area contributed by atoms with Crippen LogP contribution in [0.25, 0.3) is 16.8 Å². The maximum absolute atomic E-state index is 13.0. The van der Waals surface area contributed by atoms with Gasteiger partial charge in [-0.15, -0.1) is 0 Å². The van der Waals surface area contributed by atoms with Crippen LogP contribution in [0.2, 0.25) is 0 Å². The van der Waals surface area contributed by atoms with Crippen LogP contribution < -0.4 is 10.1 Å². The molecule has 0 aliphatic rings. The Morgan fingerprint density at radius 2 is 1.82 bits per heavy atom. The smallest absolute Gasteiger partial charge is 0.416 e. The largest absolute Gasteiger partial charge is 0.496 e. The molecular formula is C26H26F3N3O. The molecule has 0 spiro atoms.